The first-order valence-corrected chi connectivity index (χ1v) is 7.79. The summed E-state index contributed by atoms with van der Waals surface area (Å²) in [4.78, 5) is 26.2. The number of carboxylic acids is 1. The maximum Gasteiger partial charge on any atom is 0.410 e. The van der Waals surface area contributed by atoms with Gasteiger partial charge in [0.15, 0.2) is 0 Å². The number of rotatable bonds is 1. The Morgan fingerprint density at radius 2 is 2.10 bits per heavy atom. The minimum Gasteiger partial charge on any atom is -0.481 e. The number of carboxylic acid groups (broad SMARTS) is 1. The molecule has 2 heterocycles. The van der Waals surface area contributed by atoms with Gasteiger partial charge in [-0.2, -0.15) is 0 Å². The molecule has 2 aliphatic heterocycles. The predicted octanol–water partition coefficient (Wildman–Crippen LogP) is 2.00. The molecule has 2 atom stereocenters. The molecule has 0 aliphatic carbocycles. The van der Waals surface area contributed by atoms with E-state index in [-0.39, 0.29) is 6.09 Å². The molecular formula is C14H22N2O4S. The van der Waals surface area contributed by atoms with Gasteiger partial charge in [0.2, 0.25) is 0 Å². The van der Waals surface area contributed by atoms with E-state index < -0.39 is 22.4 Å². The quantitative estimate of drug-likeness (QED) is 0.769. The van der Waals surface area contributed by atoms with Crippen LogP contribution in [0.5, 0.6) is 0 Å². The maximum atomic E-state index is 12.1. The fourth-order valence-corrected chi connectivity index (χ4v) is 4.04. The van der Waals surface area contributed by atoms with E-state index in [1.165, 1.54) is 11.8 Å². The van der Waals surface area contributed by atoms with E-state index in [0.717, 1.165) is 10.5 Å². The lowest BCUT2D eigenvalue weighted by Crippen LogP contribution is -2.44. The van der Waals surface area contributed by atoms with Crippen LogP contribution in [0, 0.1) is 5.41 Å². The van der Waals surface area contributed by atoms with E-state index in [1.54, 1.807) is 11.8 Å². The SMILES string of the molecule is CC(C)(C)OC(=O)N1CCC2=C(C1)SC(N)C2(C)C(=O)O. The molecule has 2 aliphatic rings. The summed E-state index contributed by atoms with van der Waals surface area (Å²) in [6, 6.07) is 0. The number of nitrogens with two attached hydrogens (primary N) is 1. The van der Waals surface area contributed by atoms with Gasteiger partial charge in [0.05, 0.1) is 11.9 Å². The second-order valence-corrected chi connectivity index (χ2v) is 7.84. The molecule has 2 rings (SSSR count). The van der Waals surface area contributed by atoms with Gasteiger partial charge in [-0.1, -0.05) is 0 Å². The van der Waals surface area contributed by atoms with Gasteiger partial charge in [-0.3, -0.25) is 4.79 Å². The number of hydrogen-bond donors (Lipinski definition) is 2. The largest absolute Gasteiger partial charge is 0.481 e. The maximum absolute atomic E-state index is 12.1. The Morgan fingerprint density at radius 1 is 1.48 bits per heavy atom. The van der Waals surface area contributed by atoms with Gasteiger partial charge in [0, 0.05) is 11.4 Å². The van der Waals surface area contributed by atoms with Crippen molar-refractivity contribution < 1.29 is 19.4 Å². The molecule has 2 unspecified atom stereocenters. The van der Waals surface area contributed by atoms with Gasteiger partial charge in [0.25, 0.3) is 0 Å². The summed E-state index contributed by atoms with van der Waals surface area (Å²) in [6.45, 7) is 7.97. The Balaban J connectivity index is 2.16. The number of aliphatic carboxylic acids is 1. The summed E-state index contributed by atoms with van der Waals surface area (Å²) in [5.74, 6) is -0.904. The number of nitrogens with zero attached hydrogens (tertiary/aromatic N) is 1. The lowest BCUT2D eigenvalue weighted by molar-refractivity contribution is -0.145. The molecule has 6 nitrogen and oxygen atoms in total. The van der Waals surface area contributed by atoms with Crippen molar-refractivity contribution in [2.24, 2.45) is 11.1 Å². The fraction of sp³-hybridized carbons (Fsp3) is 0.714. The molecule has 7 heteroatoms. The van der Waals surface area contributed by atoms with Crippen LogP contribution in [0.25, 0.3) is 0 Å². The molecule has 118 valence electrons. The molecule has 0 aromatic carbocycles. The van der Waals surface area contributed by atoms with Crippen molar-refractivity contribution in [2.45, 2.75) is 45.1 Å². The van der Waals surface area contributed by atoms with E-state index >= 15 is 0 Å². The number of carbonyl (C=O) groups is 2. The Morgan fingerprint density at radius 3 is 2.62 bits per heavy atom. The fourth-order valence-electron chi connectivity index (χ4n) is 2.57. The third-order valence-electron chi connectivity index (χ3n) is 3.86. The van der Waals surface area contributed by atoms with Crippen LogP contribution in [0.3, 0.4) is 0 Å². The van der Waals surface area contributed by atoms with Crippen molar-refractivity contribution in [1.82, 2.24) is 4.90 Å². The minimum absolute atomic E-state index is 0.368. The van der Waals surface area contributed by atoms with Crippen molar-refractivity contribution in [3.8, 4) is 0 Å². The summed E-state index contributed by atoms with van der Waals surface area (Å²) in [7, 11) is 0. The lowest BCUT2D eigenvalue weighted by Gasteiger charge is -2.33. The van der Waals surface area contributed by atoms with Gasteiger partial charge in [-0.15, -0.1) is 11.8 Å². The van der Waals surface area contributed by atoms with Crippen LogP contribution in [0.4, 0.5) is 4.79 Å². The zero-order chi connectivity index (χ0) is 16.0. The summed E-state index contributed by atoms with van der Waals surface area (Å²) < 4.78 is 5.36. The van der Waals surface area contributed by atoms with Gasteiger partial charge in [-0.05, 0) is 39.7 Å². The monoisotopic (exact) mass is 314 g/mol. The smallest absolute Gasteiger partial charge is 0.410 e. The highest BCUT2D eigenvalue weighted by Crippen LogP contribution is 2.51. The third-order valence-corrected chi connectivity index (χ3v) is 5.25. The third kappa shape index (κ3) is 2.89. The average Bonchev–Trinajstić information content (AvgIpc) is 2.60. The molecule has 0 spiro atoms. The van der Waals surface area contributed by atoms with Crippen LogP contribution in [0.2, 0.25) is 0 Å². The number of ether oxygens (including phenoxy) is 1. The van der Waals surface area contributed by atoms with Crippen molar-refractivity contribution in [1.29, 1.82) is 0 Å². The van der Waals surface area contributed by atoms with Crippen molar-refractivity contribution in [3.63, 3.8) is 0 Å². The zero-order valence-corrected chi connectivity index (χ0v) is 13.6. The molecule has 0 saturated heterocycles. The first kappa shape index (κ1) is 16.2. The van der Waals surface area contributed by atoms with Crippen molar-refractivity contribution >= 4 is 23.8 Å². The molecule has 0 radical (unpaired) electrons. The lowest BCUT2D eigenvalue weighted by atomic mass is 9.79. The van der Waals surface area contributed by atoms with E-state index in [2.05, 4.69) is 0 Å². The summed E-state index contributed by atoms with van der Waals surface area (Å²) in [6.07, 6.45) is 0.157. The molecule has 0 fully saturated rings. The van der Waals surface area contributed by atoms with Gasteiger partial charge in [0.1, 0.15) is 11.0 Å². The summed E-state index contributed by atoms with van der Waals surface area (Å²) in [5, 5.41) is 8.96. The summed E-state index contributed by atoms with van der Waals surface area (Å²) in [5.41, 5.74) is 5.27. The highest BCUT2D eigenvalue weighted by atomic mass is 32.2. The van der Waals surface area contributed by atoms with Gasteiger partial charge >= 0.3 is 12.1 Å². The standard InChI is InChI=1S/C14H22N2O4S/c1-13(2,3)20-12(19)16-6-5-8-9(7-16)21-10(15)14(8,4)11(17)18/h10H,5-7,15H2,1-4H3,(H,17,18). The van der Waals surface area contributed by atoms with Crippen LogP contribution in [0.15, 0.2) is 10.5 Å². The van der Waals surface area contributed by atoms with E-state index in [0.29, 0.717) is 19.5 Å². The number of hydrogen-bond acceptors (Lipinski definition) is 5. The first-order chi connectivity index (χ1) is 9.55. The molecule has 21 heavy (non-hydrogen) atoms. The Bertz CT molecular complexity index is 512. The topological polar surface area (TPSA) is 92.9 Å². The normalized spacial score (nSPS) is 29.4. The van der Waals surface area contributed by atoms with Crippen LogP contribution in [0.1, 0.15) is 34.1 Å². The van der Waals surface area contributed by atoms with E-state index in [9.17, 15) is 14.7 Å². The molecular weight excluding hydrogens is 292 g/mol. The second-order valence-electron chi connectivity index (χ2n) is 6.60. The molecule has 0 aromatic heterocycles. The van der Waals surface area contributed by atoms with Crippen molar-refractivity contribution in [2.75, 3.05) is 13.1 Å². The molecule has 1 amide bonds. The Labute approximate surface area is 128 Å². The molecule has 3 N–H and O–H groups in total. The van der Waals surface area contributed by atoms with Crippen LogP contribution >= 0.6 is 11.8 Å². The average molecular weight is 314 g/mol. The molecule has 0 saturated carbocycles. The predicted molar refractivity (Wildman–Crippen MR) is 80.8 cm³/mol. The number of thioether (sulfide) groups is 1. The minimum atomic E-state index is -1.04. The Hall–Kier alpha value is -1.21. The van der Waals surface area contributed by atoms with Gasteiger partial charge in [-0.25, -0.2) is 4.79 Å². The Kier molecular flexibility index (Phi) is 4.01. The number of carbonyl (C=O) groups excluding carboxylic acids is 1. The zero-order valence-electron chi connectivity index (χ0n) is 12.8. The first-order valence-electron chi connectivity index (χ1n) is 6.92. The van der Waals surface area contributed by atoms with Crippen LogP contribution in [-0.2, 0) is 9.53 Å². The van der Waals surface area contributed by atoms with Crippen LogP contribution in [-0.4, -0.2) is 46.1 Å². The van der Waals surface area contributed by atoms with Crippen molar-refractivity contribution in [3.05, 3.63) is 10.5 Å². The number of amides is 1. The highest BCUT2D eigenvalue weighted by Gasteiger charge is 2.51. The highest BCUT2D eigenvalue weighted by molar-refractivity contribution is 8.04. The van der Waals surface area contributed by atoms with Crippen LogP contribution < -0.4 is 5.73 Å². The second kappa shape index (κ2) is 5.21. The summed E-state index contributed by atoms with van der Waals surface area (Å²) >= 11 is 1.35. The van der Waals surface area contributed by atoms with E-state index in [4.69, 9.17) is 10.5 Å². The van der Waals surface area contributed by atoms with Gasteiger partial charge < -0.3 is 20.5 Å². The van der Waals surface area contributed by atoms with E-state index in [1.807, 2.05) is 20.8 Å². The molecule has 0 aromatic rings. The molecule has 0 bridgehead atoms.